The van der Waals surface area contributed by atoms with Crippen molar-refractivity contribution in [3.05, 3.63) is 95.8 Å². The van der Waals surface area contributed by atoms with Gasteiger partial charge >= 0.3 is 0 Å². The zero-order valence-electron chi connectivity index (χ0n) is 17.1. The smallest absolute Gasteiger partial charge is 0.243 e. The van der Waals surface area contributed by atoms with Gasteiger partial charge in [0, 0.05) is 25.7 Å². The first-order valence-corrected chi connectivity index (χ1v) is 11.5. The van der Waals surface area contributed by atoms with E-state index >= 15 is 0 Å². The number of hydrogen-bond acceptors (Lipinski definition) is 3. The summed E-state index contributed by atoms with van der Waals surface area (Å²) in [5.41, 5.74) is 2.14. The Hall–Kier alpha value is -3.03. The van der Waals surface area contributed by atoms with Crippen LogP contribution >= 0.6 is 0 Å². The predicted octanol–water partition coefficient (Wildman–Crippen LogP) is 4.36. The number of carbonyl (C=O) groups is 1. The third-order valence-corrected chi connectivity index (χ3v) is 7.40. The largest absolute Gasteiger partial charge is 0.312 e. The Morgan fingerprint density at radius 1 is 0.903 bits per heavy atom. The second-order valence-corrected chi connectivity index (χ2v) is 9.53. The molecule has 0 bridgehead atoms. The van der Waals surface area contributed by atoms with E-state index in [0.29, 0.717) is 24.2 Å². The summed E-state index contributed by atoms with van der Waals surface area (Å²) in [5, 5.41) is 0. The van der Waals surface area contributed by atoms with E-state index in [1.807, 2.05) is 30.3 Å². The van der Waals surface area contributed by atoms with E-state index in [0.717, 1.165) is 12.0 Å². The summed E-state index contributed by atoms with van der Waals surface area (Å²) >= 11 is 0. The number of nitrogens with zero attached hydrogens (tertiary/aromatic N) is 2. The number of halogens is 1. The molecule has 1 saturated heterocycles. The van der Waals surface area contributed by atoms with Gasteiger partial charge < -0.3 is 4.90 Å². The third-order valence-electron chi connectivity index (χ3n) is 5.56. The highest BCUT2D eigenvalue weighted by atomic mass is 32.2. The van der Waals surface area contributed by atoms with Crippen LogP contribution in [0.15, 0.2) is 83.8 Å². The monoisotopic (exact) mass is 438 g/mol. The van der Waals surface area contributed by atoms with Crippen LogP contribution in [0.25, 0.3) is 0 Å². The summed E-state index contributed by atoms with van der Waals surface area (Å²) in [6.45, 7) is 0.644. The molecule has 0 radical (unpaired) electrons. The van der Waals surface area contributed by atoms with Crippen LogP contribution in [0, 0.1) is 5.82 Å². The molecule has 0 N–H and O–H groups in total. The minimum atomic E-state index is -3.86. The van der Waals surface area contributed by atoms with Crippen LogP contribution < -0.4 is 4.90 Å². The van der Waals surface area contributed by atoms with Gasteiger partial charge in [-0.25, -0.2) is 12.8 Å². The van der Waals surface area contributed by atoms with Crippen molar-refractivity contribution in [1.82, 2.24) is 4.31 Å². The lowest BCUT2D eigenvalue weighted by Crippen LogP contribution is -2.32. The molecule has 4 rings (SSSR count). The number of sulfonamides is 1. The molecular formula is C24H23FN2O3S. The van der Waals surface area contributed by atoms with E-state index in [-0.39, 0.29) is 16.6 Å². The van der Waals surface area contributed by atoms with E-state index in [2.05, 4.69) is 0 Å². The molecule has 1 fully saturated rings. The van der Waals surface area contributed by atoms with Gasteiger partial charge in [-0.1, -0.05) is 42.5 Å². The Morgan fingerprint density at radius 3 is 2.10 bits per heavy atom. The second kappa shape index (κ2) is 8.61. The first-order chi connectivity index (χ1) is 14.9. The van der Waals surface area contributed by atoms with Gasteiger partial charge in [-0.15, -0.1) is 0 Å². The summed E-state index contributed by atoms with van der Waals surface area (Å²) < 4.78 is 41.7. The maximum Gasteiger partial charge on any atom is 0.243 e. The standard InChI is InChI=1S/C24H23FN2O3S/c1-26(24(18-6-3-2-4-7-18)19-9-11-20(25)12-10-19)31(29,30)22-15-13-21(14-16-22)27-17-5-8-23(27)28/h2-4,6-7,9-16,24H,5,8,17H2,1H3/t24-/m1/s1. The van der Waals surface area contributed by atoms with Gasteiger partial charge in [-0.3, -0.25) is 4.79 Å². The molecule has 3 aromatic carbocycles. The van der Waals surface area contributed by atoms with Crippen molar-refractivity contribution in [3.8, 4) is 0 Å². The van der Waals surface area contributed by atoms with Gasteiger partial charge in [0.2, 0.25) is 15.9 Å². The fourth-order valence-electron chi connectivity index (χ4n) is 3.92. The zero-order chi connectivity index (χ0) is 22.0. The minimum absolute atomic E-state index is 0.0492. The van der Waals surface area contributed by atoms with E-state index in [1.54, 1.807) is 29.2 Å². The van der Waals surface area contributed by atoms with Crippen LogP contribution in [0.1, 0.15) is 30.0 Å². The number of rotatable bonds is 6. The molecule has 0 unspecified atom stereocenters. The molecule has 1 aliphatic heterocycles. The number of benzene rings is 3. The van der Waals surface area contributed by atoms with Crippen molar-refractivity contribution in [2.24, 2.45) is 0 Å². The second-order valence-electron chi connectivity index (χ2n) is 7.53. The zero-order valence-corrected chi connectivity index (χ0v) is 17.9. The first-order valence-electron chi connectivity index (χ1n) is 10.1. The molecule has 7 heteroatoms. The van der Waals surface area contributed by atoms with Crippen LogP contribution in [0.2, 0.25) is 0 Å². The fraction of sp³-hybridized carbons (Fsp3) is 0.208. The van der Waals surface area contributed by atoms with Crippen molar-refractivity contribution >= 4 is 21.6 Å². The Morgan fingerprint density at radius 2 is 1.52 bits per heavy atom. The van der Waals surface area contributed by atoms with Gasteiger partial charge in [0.25, 0.3) is 0 Å². The number of hydrogen-bond donors (Lipinski definition) is 0. The van der Waals surface area contributed by atoms with Gasteiger partial charge in [-0.05, 0) is 53.9 Å². The summed E-state index contributed by atoms with van der Waals surface area (Å²) in [5.74, 6) is -0.332. The van der Waals surface area contributed by atoms with Gasteiger partial charge in [0.1, 0.15) is 5.82 Å². The van der Waals surface area contributed by atoms with Crippen LogP contribution in [0.4, 0.5) is 10.1 Å². The van der Waals surface area contributed by atoms with Crippen molar-refractivity contribution in [2.45, 2.75) is 23.8 Å². The van der Waals surface area contributed by atoms with E-state index in [9.17, 15) is 17.6 Å². The van der Waals surface area contributed by atoms with Crippen molar-refractivity contribution in [1.29, 1.82) is 0 Å². The number of carbonyl (C=O) groups excluding carboxylic acids is 1. The maximum atomic E-state index is 13.5. The van der Waals surface area contributed by atoms with Crippen LogP contribution in [0.5, 0.6) is 0 Å². The lowest BCUT2D eigenvalue weighted by Gasteiger charge is -2.28. The maximum absolute atomic E-state index is 13.5. The topological polar surface area (TPSA) is 57.7 Å². The molecule has 0 aromatic heterocycles. The summed E-state index contributed by atoms with van der Waals surface area (Å²) in [7, 11) is -2.34. The molecule has 1 heterocycles. The molecular weight excluding hydrogens is 415 g/mol. The van der Waals surface area contributed by atoms with Gasteiger partial charge in [-0.2, -0.15) is 4.31 Å². The molecule has 1 aliphatic rings. The highest BCUT2D eigenvalue weighted by Crippen LogP contribution is 2.33. The van der Waals surface area contributed by atoms with Crippen molar-refractivity contribution in [3.63, 3.8) is 0 Å². The van der Waals surface area contributed by atoms with Crippen molar-refractivity contribution in [2.75, 3.05) is 18.5 Å². The minimum Gasteiger partial charge on any atom is -0.312 e. The fourth-order valence-corrected chi connectivity index (χ4v) is 5.25. The quantitative estimate of drug-likeness (QED) is 0.575. The van der Waals surface area contributed by atoms with E-state index in [1.165, 1.54) is 35.6 Å². The molecule has 1 amide bonds. The van der Waals surface area contributed by atoms with Gasteiger partial charge in [0.15, 0.2) is 0 Å². The predicted molar refractivity (Wildman–Crippen MR) is 118 cm³/mol. The molecule has 0 saturated carbocycles. The summed E-state index contributed by atoms with van der Waals surface area (Å²) in [4.78, 5) is 13.8. The molecule has 1 atom stereocenters. The third kappa shape index (κ3) is 4.24. The van der Waals surface area contributed by atoms with Crippen LogP contribution in [0.3, 0.4) is 0 Å². The number of anilines is 1. The average Bonchev–Trinajstić information content (AvgIpc) is 3.22. The van der Waals surface area contributed by atoms with Crippen LogP contribution in [-0.4, -0.2) is 32.2 Å². The Balaban J connectivity index is 1.69. The molecule has 3 aromatic rings. The first kappa shape index (κ1) is 21.2. The van der Waals surface area contributed by atoms with Crippen molar-refractivity contribution < 1.29 is 17.6 Å². The Bertz CT molecular complexity index is 1160. The SMILES string of the molecule is CN([C@H](c1ccccc1)c1ccc(F)cc1)S(=O)(=O)c1ccc(N2CCCC2=O)cc1. The van der Waals surface area contributed by atoms with Crippen LogP contribution in [-0.2, 0) is 14.8 Å². The molecule has 0 aliphatic carbocycles. The molecule has 0 spiro atoms. The normalized spacial score (nSPS) is 15.5. The average molecular weight is 439 g/mol. The summed E-state index contributed by atoms with van der Waals surface area (Å²) in [6, 6.07) is 20.9. The lowest BCUT2D eigenvalue weighted by molar-refractivity contribution is -0.117. The Kier molecular flexibility index (Phi) is 5.89. The summed E-state index contributed by atoms with van der Waals surface area (Å²) in [6.07, 6.45) is 1.32. The lowest BCUT2D eigenvalue weighted by atomic mass is 9.99. The molecule has 5 nitrogen and oxygen atoms in total. The van der Waals surface area contributed by atoms with Gasteiger partial charge in [0.05, 0.1) is 10.9 Å². The number of amides is 1. The van der Waals surface area contributed by atoms with E-state index in [4.69, 9.17) is 0 Å². The van der Waals surface area contributed by atoms with E-state index < -0.39 is 16.1 Å². The Labute approximate surface area is 181 Å². The molecule has 160 valence electrons. The molecule has 31 heavy (non-hydrogen) atoms. The highest BCUT2D eigenvalue weighted by Gasteiger charge is 2.31. The highest BCUT2D eigenvalue weighted by molar-refractivity contribution is 7.89.